The second kappa shape index (κ2) is 13.7. The van der Waals surface area contributed by atoms with Crippen molar-refractivity contribution in [2.45, 2.75) is 85.0 Å². The van der Waals surface area contributed by atoms with Crippen LogP contribution in [0.5, 0.6) is 0 Å². The maximum Gasteiger partial charge on any atom is 0.243 e. The zero-order chi connectivity index (χ0) is 25.1. The highest BCUT2D eigenvalue weighted by Crippen LogP contribution is 2.10. The Morgan fingerprint density at radius 1 is 0.939 bits per heavy atom. The van der Waals surface area contributed by atoms with Crippen LogP contribution in [0, 0.1) is 17.8 Å². The Hall–Kier alpha value is -2.75. The van der Waals surface area contributed by atoms with Crippen LogP contribution < -0.4 is 21.7 Å². The Morgan fingerprint density at radius 2 is 1.45 bits per heavy atom. The maximum absolute atomic E-state index is 13.1. The van der Waals surface area contributed by atoms with E-state index in [0.29, 0.717) is 24.8 Å². The van der Waals surface area contributed by atoms with Gasteiger partial charge >= 0.3 is 0 Å². The molecule has 4 atom stereocenters. The molecule has 0 unspecified atom stereocenters. The molecule has 0 saturated carbocycles. The molecule has 10 heteroatoms. The van der Waals surface area contributed by atoms with Crippen molar-refractivity contribution >= 4 is 24.0 Å². The summed E-state index contributed by atoms with van der Waals surface area (Å²) in [6.07, 6.45) is 4.77. The summed E-state index contributed by atoms with van der Waals surface area (Å²) in [5, 5.41) is 8.20. The number of amides is 3. The number of aromatic nitrogens is 2. The fourth-order valence-corrected chi connectivity index (χ4v) is 3.30. The lowest BCUT2D eigenvalue weighted by Crippen LogP contribution is -2.57. The largest absolute Gasteiger partial charge is 0.348 e. The molecule has 0 aromatic carbocycles. The molecule has 0 radical (unpaired) electrons. The molecule has 10 nitrogen and oxygen atoms in total. The molecule has 3 amide bonds. The molecule has 1 rings (SSSR count). The number of rotatable bonds is 14. The van der Waals surface area contributed by atoms with Crippen LogP contribution in [0.25, 0.3) is 0 Å². The summed E-state index contributed by atoms with van der Waals surface area (Å²) in [5.41, 5.74) is 6.64. The Kier molecular flexibility index (Phi) is 11.8. The topological polar surface area (TPSA) is 159 Å². The normalized spacial score (nSPS) is 15.1. The third kappa shape index (κ3) is 10.2. The summed E-state index contributed by atoms with van der Waals surface area (Å²) >= 11 is 0. The minimum atomic E-state index is -0.855. The molecule has 0 fully saturated rings. The van der Waals surface area contributed by atoms with Gasteiger partial charge in [0.15, 0.2) is 0 Å². The lowest BCUT2D eigenvalue weighted by molar-refractivity contribution is -0.133. The molecule has 0 aliphatic rings. The van der Waals surface area contributed by atoms with Crippen molar-refractivity contribution in [2.75, 3.05) is 0 Å². The van der Waals surface area contributed by atoms with Crippen LogP contribution in [-0.4, -0.2) is 58.1 Å². The predicted molar refractivity (Wildman–Crippen MR) is 126 cm³/mol. The standard InChI is InChI=1S/C23H40N6O4/c1-13(2)7-18(21(31)27-17(11-30)9-16-10-25-12-26-16)28-22(32)19(8-14(3)4)29-23(33)20(24)15(5)6/h10-15,17-20H,7-9,24H2,1-6H3,(H,25,26)(H,27,31)(H,28,32)(H,29,33)/t17-,18-,19-,20-/m0/s1. The molecule has 0 saturated heterocycles. The number of H-pyrrole nitrogens is 1. The number of nitrogens with two attached hydrogens (primary N) is 1. The van der Waals surface area contributed by atoms with Crippen molar-refractivity contribution < 1.29 is 19.2 Å². The van der Waals surface area contributed by atoms with Gasteiger partial charge in [0, 0.05) is 18.3 Å². The number of hydrogen-bond acceptors (Lipinski definition) is 6. The van der Waals surface area contributed by atoms with E-state index < -0.39 is 41.9 Å². The van der Waals surface area contributed by atoms with Gasteiger partial charge in [-0.25, -0.2) is 4.98 Å². The fraction of sp³-hybridized carbons (Fsp3) is 0.696. The minimum absolute atomic E-state index is 0.0811. The average molecular weight is 465 g/mol. The quantitative estimate of drug-likeness (QED) is 0.255. The average Bonchev–Trinajstić information content (AvgIpc) is 3.23. The number of carbonyl (C=O) groups excluding carboxylic acids is 4. The van der Waals surface area contributed by atoms with E-state index in [-0.39, 0.29) is 24.2 Å². The van der Waals surface area contributed by atoms with E-state index in [1.54, 1.807) is 6.20 Å². The highest BCUT2D eigenvalue weighted by Gasteiger charge is 2.30. The molecular formula is C23H40N6O4. The Balaban J connectivity index is 2.92. The second-order valence-corrected chi connectivity index (χ2v) is 9.68. The second-order valence-electron chi connectivity index (χ2n) is 9.68. The molecule has 1 aromatic heterocycles. The van der Waals surface area contributed by atoms with Crippen molar-refractivity contribution in [3.63, 3.8) is 0 Å². The third-order valence-corrected chi connectivity index (χ3v) is 5.19. The molecule has 1 heterocycles. The number of imidazole rings is 1. The molecule has 186 valence electrons. The van der Waals surface area contributed by atoms with Gasteiger partial charge in [-0.3, -0.25) is 14.4 Å². The van der Waals surface area contributed by atoms with E-state index in [4.69, 9.17) is 5.73 Å². The van der Waals surface area contributed by atoms with Crippen LogP contribution in [0.15, 0.2) is 12.5 Å². The zero-order valence-corrected chi connectivity index (χ0v) is 20.6. The number of aldehydes is 1. The summed E-state index contributed by atoms with van der Waals surface area (Å²) < 4.78 is 0. The van der Waals surface area contributed by atoms with Crippen LogP contribution >= 0.6 is 0 Å². The number of nitrogens with zero attached hydrogens (tertiary/aromatic N) is 1. The van der Waals surface area contributed by atoms with E-state index in [9.17, 15) is 19.2 Å². The van der Waals surface area contributed by atoms with Gasteiger partial charge < -0.3 is 31.5 Å². The first-order chi connectivity index (χ1) is 15.4. The molecule has 0 bridgehead atoms. The number of nitrogens with one attached hydrogen (secondary N) is 4. The van der Waals surface area contributed by atoms with Gasteiger partial charge in [-0.2, -0.15) is 0 Å². The van der Waals surface area contributed by atoms with Crippen LogP contribution in [0.2, 0.25) is 0 Å². The first kappa shape index (κ1) is 28.3. The molecule has 1 aromatic rings. The van der Waals surface area contributed by atoms with Crippen molar-refractivity contribution in [3.05, 3.63) is 18.2 Å². The summed E-state index contributed by atoms with van der Waals surface area (Å²) in [5.74, 6) is -1.16. The monoisotopic (exact) mass is 464 g/mol. The molecule has 33 heavy (non-hydrogen) atoms. The van der Waals surface area contributed by atoms with E-state index >= 15 is 0 Å². The van der Waals surface area contributed by atoms with Crippen LogP contribution in [0.1, 0.15) is 60.1 Å². The highest BCUT2D eigenvalue weighted by atomic mass is 16.2. The molecule has 0 spiro atoms. The number of hydrogen-bond donors (Lipinski definition) is 5. The fourth-order valence-electron chi connectivity index (χ4n) is 3.30. The maximum atomic E-state index is 13.1. The van der Waals surface area contributed by atoms with E-state index in [2.05, 4.69) is 25.9 Å². The summed E-state index contributed by atoms with van der Waals surface area (Å²) in [6.45, 7) is 11.4. The van der Waals surface area contributed by atoms with Gasteiger partial charge in [0.1, 0.15) is 18.4 Å². The van der Waals surface area contributed by atoms with Crippen LogP contribution in [-0.2, 0) is 25.6 Å². The Bertz CT molecular complexity index is 763. The van der Waals surface area contributed by atoms with Crippen molar-refractivity contribution in [3.8, 4) is 0 Å². The predicted octanol–water partition coefficient (Wildman–Crippen LogP) is 0.681. The van der Waals surface area contributed by atoms with Gasteiger partial charge in [0.2, 0.25) is 17.7 Å². The highest BCUT2D eigenvalue weighted by molar-refractivity contribution is 5.93. The molecular weight excluding hydrogens is 424 g/mol. The number of aromatic amines is 1. The lowest BCUT2D eigenvalue weighted by Gasteiger charge is -2.27. The minimum Gasteiger partial charge on any atom is -0.348 e. The van der Waals surface area contributed by atoms with Gasteiger partial charge in [-0.1, -0.05) is 41.5 Å². The van der Waals surface area contributed by atoms with Gasteiger partial charge in [0.25, 0.3) is 0 Å². The van der Waals surface area contributed by atoms with Crippen molar-refractivity contribution in [1.29, 1.82) is 0 Å². The van der Waals surface area contributed by atoms with Gasteiger partial charge in [-0.05, 0) is 30.6 Å². The van der Waals surface area contributed by atoms with E-state index in [1.807, 2.05) is 41.5 Å². The summed E-state index contributed by atoms with van der Waals surface area (Å²) in [6, 6.07) is -3.18. The van der Waals surface area contributed by atoms with Gasteiger partial charge in [-0.15, -0.1) is 0 Å². The van der Waals surface area contributed by atoms with Crippen molar-refractivity contribution in [2.24, 2.45) is 23.5 Å². The summed E-state index contributed by atoms with van der Waals surface area (Å²) in [7, 11) is 0. The third-order valence-electron chi connectivity index (χ3n) is 5.19. The first-order valence-corrected chi connectivity index (χ1v) is 11.5. The van der Waals surface area contributed by atoms with E-state index in [0.717, 1.165) is 0 Å². The Labute approximate surface area is 196 Å². The summed E-state index contributed by atoms with van der Waals surface area (Å²) in [4.78, 5) is 56.8. The number of carbonyl (C=O) groups is 4. The van der Waals surface area contributed by atoms with Gasteiger partial charge in [0.05, 0.1) is 18.4 Å². The van der Waals surface area contributed by atoms with E-state index in [1.165, 1.54) is 6.33 Å². The smallest absolute Gasteiger partial charge is 0.243 e. The van der Waals surface area contributed by atoms with Crippen LogP contribution in [0.4, 0.5) is 0 Å². The van der Waals surface area contributed by atoms with Crippen molar-refractivity contribution in [1.82, 2.24) is 25.9 Å². The first-order valence-electron chi connectivity index (χ1n) is 11.5. The zero-order valence-electron chi connectivity index (χ0n) is 20.6. The van der Waals surface area contributed by atoms with Crippen LogP contribution in [0.3, 0.4) is 0 Å². The lowest BCUT2D eigenvalue weighted by atomic mass is 9.98. The molecule has 6 N–H and O–H groups in total. The Morgan fingerprint density at radius 3 is 1.88 bits per heavy atom. The molecule has 0 aliphatic carbocycles. The molecule has 0 aliphatic heterocycles. The SMILES string of the molecule is CC(C)C[C@H](NC(=O)[C@H](CC(C)C)NC(=O)[C@@H](N)C(C)C)C(=O)N[C@H](C=O)Cc1cnc[nH]1.